The summed E-state index contributed by atoms with van der Waals surface area (Å²) in [5.41, 5.74) is 2.43. The van der Waals surface area contributed by atoms with E-state index < -0.39 is 0 Å². The molecule has 0 bridgehead atoms. The predicted octanol–water partition coefficient (Wildman–Crippen LogP) is 4.46. The Morgan fingerprint density at radius 1 is 1.11 bits per heavy atom. The molecule has 0 heterocycles. The van der Waals surface area contributed by atoms with Gasteiger partial charge in [0.15, 0.2) is 0 Å². The van der Waals surface area contributed by atoms with Crippen molar-refractivity contribution in [3.8, 4) is 0 Å². The monoisotopic (exact) mass is 298 g/mol. The number of nitrogens with one attached hydrogen (secondary N) is 1. The summed E-state index contributed by atoms with van der Waals surface area (Å²) in [5, 5.41) is 3.48. The molecule has 19 heavy (non-hydrogen) atoms. The Hall–Kier alpha value is -0.320. The van der Waals surface area contributed by atoms with Crippen molar-refractivity contribution in [1.82, 2.24) is 4.90 Å². The van der Waals surface area contributed by atoms with E-state index in [9.17, 15) is 0 Å². The number of rotatable bonds is 7. The normalized spacial score (nSPS) is 12.3. The summed E-state index contributed by atoms with van der Waals surface area (Å²) in [5.74, 6) is 0. The number of nitrogens with zero attached hydrogens (tertiary/aromatic N) is 1. The van der Waals surface area contributed by atoms with Crippen LogP contribution in [0, 0.1) is 9.02 Å². The molecular formula is C15H26N2S2. The van der Waals surface area contributed by atoms with E-state index in [-0.39, 0.29) is 5.41 Å². The van der Waals surface area contributed by atoms with Crippen LogP contribution >= 0.6 is 24.4 Å². The molecule has 0 saturated carbocycles. The van der Waals surface area contributed by atoms with E-state index in [1.54, 1.807) is 0 Å². The lowest BCUT2D eigenvalue weighted by Gasteiger charge is -2.27. The van der Waals surface area contributed by atoms with E-state index in [0.717, 1.165) is 34.2 Å². The molecule has 1 N–H and O–H groups in total. The minimum absolute atomic E-state index is 0.0841. The van der Waals surface area contributed by atoms with Crippen LogP contribution in [-0.2, 0) is 5.41 Å². The van der Waals surface area contributed by atoms with Gasteiger partial charge in [-0.2, -0.15) is 0 Å². The van der Waals surface area contributed by atoms with Crippen LogP contribution in [0.15, 0.2) is 0 Å². The highest BCUT2D eigenvalue weighted by Gasteiger charge is 2.25. The third-order valence-electron chi connectivity index (χ3n) is 3.28. The van der Waals surface area contributed by atoms with Crippen LogP contribution in [0.25, 0.3) is 0 Å². The van der Waals surface area contributed by atoms with Crippen LogP contribution in [0.1, 0.15) is 46.1 Å². The van der Waals surface area contributed by atoms with Gasteiger partial charge in [0, 0.05) is 12.1 Å². The molecule has 0 radical (unpaired) electrons. The van der Waals surface area contributed by atoms with Gasteiger partial charge in [-0.1, -0.05) is 52.1 Å². The highest BCUT2D eigenvalue weighted by atomic mass is 32.1. The molecule has 4 heteroatoms. The van der Waals surface area contributed by atoms with Crippen molar-refractivity contribution in [2.75, 3.05) is 32.0 Å². The van der Waals surface area contributed by atoms with Gasteiger partial charge in [-0.15, -0.1) is 0 Å². The predicted molar refractivity (Wildman–Crippen MR) is 90.1 cm³/mol. The maximum Gasteiger partial charge on any atom is 0.0796 e. The van der Waals surface area contributed by atoms with E-state index in [1.165, 1.54) is 18.5 Å². The standard InChI is InChI=1S/C15H26N2S2/c1-6-9-17(5)10-7-8-16-12-11(15(2,3)4)13(18)14(12)19/h16H,6-10H2,1-5H3. The summed E-state index contributed by atoms with van der Waals surface area (Å²) < 4.78 is 1.73. The van der Waals surface area contributed by atoms with Crippen molar-refractivity contribution in [1.29, 1.82) is 0 Å². The Labute approximate surface area is 127 Å². The lowest BCUT2D eigenvalue weighted by molar-refractivity contribution is 0.333. The molecule has 0 aliphatic carbocycles. The summed E-state index contributed by atoms with van der Waals surface area (Å²) in [7, 11) is 2.17. The van der Waals surface area contributed by atoms with Gasteiger partial charge >= 0.3 is 0 Å². The van der Waals surface area contributed by atoms with Crippen LogP contribution in [0.4, 0.5) is 5.69 Å². The largest absolute Gasteiger partial charge is 0.384 e. The van der Waals surface area contributed by atoms with Gasteiger partial charge in [0.25, 0.3) is 0 Å². The molecular weight excluding hydrogens is 272 g/mol. The number of anilines is 1. The topological polar surface area (TPSA) is 15.3 Å². The molecule has 0 unspecified atom stereocenters. The minimum Gasteiger partial charge on any atom is -0.384 e. The average Bonchev–Trinajstić information content (AvgIpc) is 2.30. The zero-order chi connectivity index (χ0) is 14.6. The lowest BCUT2D eigenvalue weighted by Crippen LogP contribution is -2.24. The molecule has 1 rings (SSSR count). The SMILES string of the molecule is CCCN(C)CCCNc1c(C(C)(C)C)c(=S)c1=S. The molecule has 0 spiro atoms. The second kappa shape index (κ2) is 6.91. The second-order valence-electron chi connectivity index (χ2n) is 6.24. The highest BCUT2D eigenvalue weighted by molar-refractivity contribution is 7.74. The number of hydrogen-bond donors (Lipinski definition) is 1. The van der Waals surface area contributed by atoms with E-state index in [0.29, 0.717) is 0 Å². The van der Waals surface area contributed by atoms with E-state index in [1.807, 2.05) is 0 Å². The van der Waals surface area contributed by atoms with Crippen LogP contribution in [0.3, 0.4) is 0 Å². The molecule has 108 valence electrons. The first-order valence-corrected chi connectivity index (χ1v) is 7.87. The molecule has 0 atom stereocenters. The Balaban J connectivity index is 2.50. The Morgan fingerprint density at radius 3 is 2.26 bits per heavy atom. The van der Waals surface area contributed by atoms with Gasteiger partial charge in [0.1, 0.15) is 0 Å². The molecule has 1 aromatic rings. The summed E-state index contributed by atoms with van der Waals surface area (Å²) in [6, 6.07) is 0. The molecule has 0 fully saturated rings. The quantitative estimate of drug-likeness (QED) is 0.590. The van der Waals surface area contributed by atoms with Crippen molar-refractivity contribution >= 4 is 30.1 Å². The first-order chi connectivity index (χ1) is 8.79. The zero-order valence-electron chi connectivity index (χ0n) is 12.8. The van der Waals surface area contributed by atoms with Crippen LogP contribution in [0.5, 0.6) is 0 Å². The first kappa shape index (κ1) is 16.7. The fourth-order valence-corrected chi connectivity index (χ4v) is 3.12. The molecule has 0 aliphatic rings. The summed E-state index contributed by atoms with van der Waals surface area (Å²) >= 11 is 10.7. The molecule has 0 amide bonds. The Morgan fingerprint density at radius 2 is 1.74 bits per heavy atom. The van der Waals surface area contributed by atoms with E-state index in [4.69, 9.17) is 24.4 Å². The molecule has 2 nitrogen and oxygen atoms in total. The van der Waals surface area contributed by atoms with Crippen molar-refractivity contribution in [3.05, 3.63) is 14.6 Å². The van der Waals surface area contributed by atoms with Crippen molar-refractivity contribution in [2.45, 2.75) is 46.0 Å². The van der Waals surface area contributed by atoms with Gasteiger partial charge in [0.05, 0.1) is 14.7 Å². The minimum atomic E-state index is 0.0841. The van der Waals surface area contributed by atoms with Gasteiger partial charge in [-0.25, -0.2) is 0 Å². The van der Waals surface area contributed by atoms with Gasteiger partial charge in [0.2, 0.25) is 0 Å². The molecule has 0 aromatic heterocycles. The molecule has 0 aliphatic heterocycles. The highest BCUT2D eigenvalue weighted by Crippen LogP contribution is 2.36. The van der Waals surface area contributed by atoms with Crippen LogP contribution in [-0.4, -0.2) is 31.6 Å². The van der Waals surface area contributed by atoms with Crippen molar-refractivity contribution in [2.24, 2.45) is 0 Å². The average molecular weight is 299 g/mol. The van der Waals surface area contributed by atoms with Crippen molar-refractivity contribution in [3.63, 3.8) is 0 Å². The first-order valence-electron chi connectivity index (χ1n) is 7.05. The summed E-state index contributed by atoms with van der Waals surface area (Å²) in [4.78, 5) is 2.37. The summed E-state index contributed by atoms with van der Waals surface area (Å²) in [6.45, 7) is 12.0. The maximum absolute atomic E-state index is 5.36. The lowest BCUT2D eigenvalue weighted by atomic mass is 9.83. The number of hydrogen-bond acceptors (Lipinski definition) is 4. The zero-order valence-corrected chi connectivity index (χ0v) is 14.4. The molecule has 1 aromatic carbocycles. The van der Waals surface area contributed by atoms with Crippen molar-refractivity contribution < 1.29 is 0 Å². The fourth-order valence-electron chi connectivity index (χ4n) is 2.33. The van der Waals surface area contributed by atoms with Crippen LogP contribution < -0.4 is 5.32 Å². The van der Waals surface area contributed by atoms with Gasteiger partial charge in [-0.3, -0.25) is 0 Å². The smallest absolute Gasteiger partial charge is 0.0796 e. The third kappa shape index (κ3) is 4.33. The summed E-state index contributed by atoms with van der Waals surface area (Å²) in [6.07, 6.45) is 2.34. The van der Waals surface area contributed by atoms with Crippen LogP contribution in [0.2, 0.25) is 0 Å². The second-order valence-corrected chi connectivity index (χ2v) is 7.06. The molecule has 0 saturated heterocycles. The Kier molecular flexibility index (Phi) is 6.09. The van der Waals surface area contributed by atoms with Gasteiger partial charge < -0.3 is 10.2 Å². The Bertz CT molecular complexity index is 479. The van der Waals surface area contributed by atoms with E-state index >= 15 is 0 Å². The van der Waals surface area contributed by atoms with E-state index in [2.05, 4.69) is 45.0 Å². The van der Waals surface area contributed by atoms with Gasteiger partial charge in [-0.05, 0) is 38.4 Å². The maximum atomic E-state index is 5.36. The fraction of sp³-hybridized carbons (Fsp3) is 0.733. The third-order valence-corrected chi connectivity index (χ3v) is 4.23.